The molecule has 6 heteroatoms. The average Bonchev–Trinajstić information content (AvgIpc) is 2.72. The molecule has 3 aromatic carbocycles. The zero-order chi connectivity index (χ0) is 20.8. The molecule has 0 aliphatic heterocycles. The Bertz CT molecular complexity index is 1090. The fourth-order valence-electron chi connectivity index (χ4n) is 2.72. The number of benzene rings is 3. The van der Waals surface area contributed by atoms with E-state index in [1.165, 1.54) is 0 Å². The number of rotatable bonds is 6. The first kappa shape index (κ1) is 21.7. The third-order valence-electron chi connectivity index (χ3n) is 4.14. The van der Waals surface area contributed by atoms with E-state index in [1.807, 2.05) is 54.6 Å². The number of nitriles is 1. The molecule has 3 rings (SSSR count). The fourth-order valence-corrected chi connectivity index (χ4v) is 4.00. The molecule has 0 aliphatic carbocycles. The summed E-state index contributed by atoms with van der Waals surface area (Å²) in [6.45, 7) is 0.428. The van der Waals surface area contributed by atoms with Crippen molar-refractivity contribution in [3.8, 4) is 17.6 Å². The van der Waals surface area contributed by atoms with Crippen LogP contribution in [0.5, 0.6) is 11.5 Å². The monoisotopic (exact) mass is 579 g/mol. The van der Waals surface area contributed by atoms with Gasteiger partial charge in [-0.05, 0) is 70.1 Å². The Kier molecular flexibility index (Phi) is 7.59. The van der Waals surface area contributed by atoms with Gasteiger partial charge in [-0.3, -0.25) is 0 Å². The molecule has 0 amide bonds. The summed E-state index contributed by atoms with van der Waals surface area (Å²) in [6.07, 6.45) is 1.80. The van der Waals surface area contributed by atoms with Gasteiger partial charge in [0.15, 0.2) is 11.5 Å². The van der Waals surface area contributed by atoms with Crippen molar-refractivity contribution < 1.29 is 9.47 Å². The van der Waals surface area contributed by atoms with Gasteiger partial charge in [0.1, 0.15) is 6.61 Å². The summed E-state index contributed by atoms with van der Waals surface area (Å²) < 4.78 is 13.5. The zero-order valence-corrected chi connectivity index (χ0v) is 20.0. The molecular formula is C23H16BrClINO2. The standard InChI is InChI=1S/C23H16BrClINO2/c1-28-22-12-16(10-17(13-27)19-4-2-3-5-20(19)25)11-21(26)23(22)29-14-15-6-8-18(24)9-7-15/h2-12H,14H2,1H3. The fraction of sp³-hybridized carbons (Fsp3) is 0.0870. The second-order valence-corrected chi connectivity index (χ2v) is 8.58. The number of hydrogen-bond acceptors (Lipinski definition) is 3. The number of hydrogen-bond donors (Lipinski definition) is 0. The first-order chi connectivity index (χ1) is 14.0. The van der Waals surface area contributed by atoms with E-state index in [0.717, 1.165) is 19.2 Å². The van der Waals surface area contributed by atoms with E-state index in [4.69, 9.17) is 21.1 Å². The molecule has 0 heterocycles. The van der Waals surface area contributed by atoms with Gasteiger partial charge >= 0.3 is 0 Å². The third kappa shape index (κ3) is 5.53. The predicted octanol–water partition coefficient (Wildman–Crippen LogP) is 7.36. The number of halogens is 3. The van der Waals surface area contributed by atoms with Crippen molar-refractivity contribution in [3.63, 3.8) is 0 Å². The van der Waals surface area contributed by atoms with Gasteiger partial charge in [-0.1, -0.05) is 57.9 Å². The Morgan fingerprint density at radius 1 is 1.17 bits per heavy atom. The number of nitrogens with zero attached hydrogens (tertiary/aromatic N) is 1. The van der Waals surface area contributed by atoms with Crippen molar-refractivity contribution in [2.24, 2.45) is 0 Å². The van der Waals surface area contributed by atoms with Gasteiger partial charge in [0, 0.05) is 15.1 Å². The molecule has 0 radical (unpaired) electrons. The van der Waals surface area contributed by atoms with Crippen LogP contribution in [0.4, 0.5) is 0 Å². The SMILES string of the molecule is COc1cc(C=C(C#N)c2ccccc2Cl)cc(I)c1OCc1ccc(Br)cc1. The summed E-state index contributed by atoms with van der Waals surface area (Å²) in [6, 6.07) is 21.3. The largest absolute Gasteiger partial charge is 0.493 e. The Morgan fingerprint density at radius 2 is 1.90 bits per heavy atom. The highest BCUT2D eigenvalue weighted by Crippen LogP contribution is 2.36. The lowest BCUT2D eigenvalue weighted by Gasteiger charge is -2.14. The topological polar surface area (TPSA) is 42.2 Å². The Balaban J connectivity index is 1.90. The predicted molar refractivity (Wildman–Crippen MR) is 129 cm³/mol. The first-order valence-corrected chi connectivity index (χ1v) is 10.9. The molecule has 0 saturated heterocycles. The maximum absolute atomic E-state index is 9.61. The van der Waals surface area contributed by atoms with Crippen LogP contribution >= 0.6 is 50.1 Å². The molecule has 0 aromatic heterocycles. The van der Waals surface area contributed by atoms with Crippen LogP contribution in [-0.2, 0) is 6.61 Å². The van der Waals surface area contributed by atoms with Crippen molar-refractivity contribution in [2.75, 3.05) is 7.11 Å². The van der Waals surface area contributed by atoms with Crippen molar-refractivity contribution >= 4 is 61.8 Å². The van der Waals surface area contributed by atoms with Gasteiger partial charge in [0.05, 0.1) is 22.3 Å². The Labute approximate surface area is 197 Å². The Morgan fingerprint density at radius 3 is 2.55 bits per heavy atom. The van der Waals surface area contributed by atoms with Crippen molar-refractivity contribution in [1.29, 1.82) is 5.26 Å². The van der Waals surface area contributed by atoms with E-state index in [2.05, 4.69) is 44.6 Å². The summed E-state index contributed by atoms with van der Waals surface area (Å²) in [4.78, 5) is 0. The lowest BCUT2D eigenvalue weighted by molar-refractivity contribution is 0.282. The summed E-state index contributed by atoms with van der Waals surface area (Å²) >= 11 is 11.9. The Hall–Kier alpha value is -2.01. The van der Waals surface area contributed by atoms with Crippen LogP contribution in [0.25, 0.3) is 11.6 Å². The molecule has 146 valence electrons. The molecule has 0 fully saturated rings. The lowest BCUT2D eigenvalue weighted by atomic mass is 10.0. The van der Waals surface area contributed by atoms with Gasteiger partial charge in [-0.2, -0.15) is 5.26 Å². The summed E-state index contributed by atoms with van der Waals surface area (Å²) in [5.41, 5.74) is 3.07. The molecule has 0 aliphatic rings. The van der Waals surface area contributed by atoms with Gasteiger partial charge in [-0.25, -0.2) is 0 Å². The number of allylic oxidation sites excluding steroid dienone is 1. The van der Waals surface area contributed by atoms with Gasteiger partial charge < -0.3 is 9.47 Å². The van der Waals surface area contributed by atoms with Crippen LogP contribution in [0.3, 0.4) is 0 Å². The van der Waals surface area contributed by atoms with E-state index in [9.17, 15) is 5.26 Å². The summed E-state index contributed by atoms with van der Waals surface area (Å²) in [5.74, 6) is 1.28. The lowest BCUT2D eigenvalue weighted by Crippen LogP contribution is -2.00. The van der Waals surface area contributed by atoms with E-state index in [0.29, 0.717) is 34.3 Å². The van der Waals surface area contributed by atoms with Gasteiger partial charge in [0.2, 0.25) is 0 Å². The van der Waals surface area contributed by atoms with Crippen molar-refractivity contribution in [2.45, 2.75) is 6.61 Å². The molecule has 0 saturated carbocycles. The number of methoxy groups -OCH3 is 1. The first-order valence-electron chi connectivity index (χ1n) is 8.63. The molecule has 0 atom stereocenters. The number of ether oxygens (including phenoxy) is 2. The van der Waals surface area contributed by atoms with Crippen LogP contribution < -0.4 is 9.47 Å². The molecule has 0 N–H and O–H groups in total. The summed E-state index contributed by atoms with van der Waals surface area (Å²) in [7, 11) is 1.60. The van der Waals surface area contributed by atoms with Crippen LogP contribution in [0, 0.1) is 14.9 Å². The van der Waals surface area contributed by atoms with E-state index in [-0.39, 0.29) is 0 Å². The maximum atomic E-state index is 9.61. The van der Waals surface area contributed by atoms with Gasteiger partial charge in [-0.15, -0.1) is 0 Å². The van der Waals surface area contributed by atoms with Crippen molar-refractivity contribution in [1.82, 2.24) is 0 Å². The molecule has 3 nitrogen and oxygen atoms in total. The minimum Gasteiger partial charge on any atom is -0.493 e. The molecule has 29 heavy (non-hydrogen) atoms. The quantitative estimate of drug-likeness (QED) is 0.174. The highest BCUT2D eigenvalue weighted by molar-refractivity contribution is 14.1. The highest BCUT2D eigenvalue weighted by Gasteiger charge is 2.13. The van der Waals surface area contributed by atoms with Crippen LogP contribution in [0.15, 0.2) is 65.1 Å². The van der Waals surface area contributed by atoms with Crippen LogP contribution in [0.2, 0.25) is 5.02 Å². The smallest absolute Gasteiger partial charge is 0.174 e. The highest BCUT2D eigenvalue weighted by atomic mass is 127. The summed E-state index contributed by atoms with van der Waals surface area (Å²) in [5, 5.41) is 10.1. The van der Waals surface area contributed by atoms with Crippen molar-refractivity contribution in [3.05, 3.63) is 90.4 Å². The minimum atomic E-state index is 0.428. The zero-order valence-electron chi connectivity index (χ0n) is 15.5. The van der Waals surface area contributed by atoms with Crippen LogP contribution in [-0.4, -0.2) is 7.11 Å². The normalized spacial score (nSPS) is 11.1. The van der Waals surface area contributed by atoms with E-state index >= 15 is 0 Å². The van der Waals surface area contributed by atoms with E-state index in [1.54, 1.807) is 19.3 Å². The van der Waals surface area contributed by atoms with E-state index < -0.39 is 0 Å². The molecule has 0 unspecified atom stereocenters. The average molecular weight is 581 g/mol. The van der Waals surface area contributed by atoms with Crippen LogP contribution in [0.1, 0.15) is 16.7 Å². The second-order valence-electron chi connectivity index (χ2n) is 6.10. The third-order valence-corrected chi connectivity index (χ3v) is 5.80. The molecule has 0 spiro atoms. The maximum Gasteiger partial charge on any atom is 0.174 e. The van der Waals surface area contributed by atoms with Gasteiger partial charge in [0.25, 0.3) is 0 Å². The molecular weight excluding hydrogens is 565 g/mol. The second kappa shape index (κ2) is 10.1. The minimum absolute atomic E-state index is 0.428. The molecule has 0 bridgehead atoms. The molecule has 3 aromatic rings.